The van der Waals surface area contributed by atoms with Crippen molar-refractivity contribution in [1.82, 2.24) is 10.3 Å². The van der Waals surface area contributed by atoms with E-state index in [1.165, 1.54) is 0 Å². The molecule has 0 spiro atoms. The van der Waals surface area contributed by atoms with Crippen LogP contribution in [-0.2, 0) is 9.59 Å². The average molecular weight is 278 g/mol. The number of carbonyl (C=O) groups excluding carboxylic acids is 2. The van der Waals surface area contributed by atoms with E-state index in [0.717, 1.165) is 0 Å². The van der Waals surface area contributed by atoms with Crippen molar-refractivity contribution in [3.63, 3.8) is 0 Å². The van der Waals surface area contributed by atoms with Crippen LogP contribution in [-0.4, -0.2) is 33.9 Å². The maximum atomic E-state index is 11.9. The highest BCUT2D eigenvalue weighted by atomic mass is 32.1. The number of nitrogens with zero attached hydrogens (tertiary/aromatic N) is 2. The Bertz CT molecular complexity index is 571. The number of nitrogens with one attached hydrogen (secondary N) is 1. The van der Waals surface area contributed by atoms with Crippen LogP contribution in [0.25, 0.3) is 0 Å². The van der Waals surface area contributed by atoms with Gasteiger partial charge in [0.25, 0.3) is 5.91 Å². The van der Waals surface area contributed by atoms with E-state index in [4.69, 9.17) is 18.0 Å². The first kappa shape index (κ1) is 13.4. The fraction of sp³-hybridized carbons (Fsp3) is 0.333. The van der Waals surface area contributed by atoms with E-state index in [9.17, 15) is 9.59 Å². The van der Waals surface area contributed by atoms with Crippen LogP contribution in [0.1, 0.15) is 19.4 Å². The summed E-state index contributed by atoms with van der Waals surface area (Å²) in [6.07, 6.45) is 3.12. The molecule has 7 heteroatoms. The summed E-state index contributed by atoms with van der Waals surface area (Å²) in [6, 6.07) is 1.67. The zero-order valence-corrected chi connectivity index (χ0v) is 11.5. The molecule has 1 fully saturated rings. The summed E-state index contributed by atoms with van der Waals surface area (Å²) in [7, 11) is 0. The van der Waals surface area contributed by atoms with Gasteiger partial charge in [0.2, 0.25) is 5.91 Å². The van der Waals surface area contributed by atoms with Crippen molar-refractivity contribution in [1.29, 1.82) is 0 Å². The number of piperazine rings is 1. The number of carbonyl (C=O) groups is 2. The number of amides is 2. The highest BCUT2D eigenvalue weighted by Crippen LogP contribution is 2.28. The lowest BCUT2D eigenvalue weighted by Gasteiger charge is -2.42. The molecule has 0 aromatic carbocycles. The zero-order chi connectivity index (χ0) is 14.2. The van der Waals surface area contributed by atoms with Gasteiger partial charge in [-0.05, 0) is 19.9 Å². The number of imide groups is 1. The molecule has 0 saturated carbocycles. The summed E-state index contributed by atoms with van der Waals surface area (Å²) in [5.41, 5.74) is 5.98. The van der Waals surface area contributed by atoms with Crippen molar-refractivity contribution >= 4 is 34.7 Å². The lowest BCUT2D eigenvalue weighted by Crippen LogP contribution is -2.64. The van der Waals surface area contributed by atoms with Crippen LogP contribution in [0.2, 0.25) is 0 Å². The predicted octanol–water partition coefficient (Wildman–Crippen LogP) is -0.0428. The number of rotatable bonds is 2. The summed E-state index contributed by atoms with van der Waals surface area (Å²) in [6.45, 7) is 3.51. The Morgan fingerprint density at radius 2 is 2.21 bits per heavy atom. The van der Waals surface area contributed by atoms with Crippen molar-refractivity contribution in [2.45, 2.75) is 19.4 Å². The Kier molecular flexibility index (Phi) is 3.23. The lowest BCUT2D eigenvalue weighted by molar-refractivity contribution is -0.135. The summed E-state index contributed by atoms with van der Waals surface area (Å²) in [5, 5.41) is 2.31. The van der Waals surface area contributed by atoms with E-state index in [1.807, 2.05) is 0 Å². The Labute approximate surface area is 116 Å². The summed E-state index contributed by atoms with van der Waals surface area (Å²) in [5.74, 6) is -0.719. The van der Waals surface area contributed by atoms with Gasteiger partial charge in [0, 0.05) is 11.8 Å². The van der Waals surface area contributed by atoms with E-state index >= 15 is 0 Å². The number of aromatic nitrogens is 1. The fourth-order valence-corrected chi connectivity index (χ4v) is 2.15. The van der Waals surface area contributed by atoms with E-state index < -0.39 is 5.54 Å². The SMILES string of the molecule is CC1(C)C(=O)NC(=O)CN1c1cnccc1C(N)=S. The maximum Gasteiger partial charge on any atom is 0.251 e. The van der Waals surface area contributed by atoms with Crippen molar-refractivity contribution in [3.05, 3.63) is 24.0 Å². The molecule has 1 aliphatic heterocycles. The number of hydrogen-bond acceptors (Lipinski definition) is 5. The molecule has 1 aromatic heterocycles. The molecule has 19 heavy (non-hydrogen) atoms. The summed E-state index contributed by atoms with van der Waals surface area (Å²) >= 11 is 4.99. The van der Waals surface area contributed by atoms with Gasteiger partial charge >= 0.3 is 0 Å². The van der Waals surface area contributed by atoms with Gasteiger partial charge in [-0.15, -0.1) is 0 Å². The molecule has 1 saturated heterocycles. The molecule has 0 radical (unpaired) electrons. The normalized spacial score (nSPS) is 18.1. The molecule has 0 aliphatic carbocycles. The minimum atomic E-state index is -0.878. The van der Waals surface area contributed by atoms with Gasteiger partial charge in [-0.3, -0.25) is 19.9 Å². The van der Waals surface area contributed by atoms with Crippen LogP contribution in [0.3, 0.4) is 0 Å². The molecule has 0 atom stereocenters. The Hall–Kier alpha value is -2.02. The molecular weight excluding hydrogens is 264 g/mol. The van der Waals surface area contributed by atoms with Crippen LogP contribution in [0, 0.1) is 0 Å². The van der Waals surface area contributed by atoms with Crippen LogP contribution in [0.15, 0.2) is 18.5 Å². The lowest BCUT2D eigenvalue weighted by atomic mass is 9.97. The Balaban J connectivity index is 2.53. The van der Waals surface area contributed by atoms with Gasteiger partial charge in [0.1, 0.15) is 10.5 Å². The van der Waals surface area contributed by atoms with E-state index in [-0.39, 0.29) is 23.3 Å². The molecule has 1 aromatic rings. The molecule has 2 heterocycles. The monoisotopic (exact) mass is 278 g/mol. The molecular formula is C12H14N4O2S. The van der Waals surface area contributed by atoms with Gasteiger partial charge in [-0.1, -0.05) is 12.2 Å². The quantitative estimate of drug-likeness (QED) is 0.583. The Morgan fingerprint density at radius 1 is 1.53 bits per heavy atom. The van der Waals surface area contributed by atoms with Crippen LogP contribution >= 0.6 is 12.2 Å². The first-order valence-electron chi connectivity index (χ1n) is 5.70. The van der Waals surface area contributed by atoms with E-state index in [2.05, 4.69) is 10.3 Å². The minimum Gasteiger partial charge on any atom is -0.389 e. The van der Waals surface area contributed by atoms with E-state index in [1.54, 1.807) is 37.2 Å². The maximum absolute atomic E-state index is 11.9. The molecule has 2 amide bonds. The van der Waals surface area contributed by atoms with Crippen LogP contribution in [0.4, 0.5) is 5.69 Å². The van der Waals surface area contributed by atoms with Gasteiger partial charge in [0.05, 0.1) is 18.4 Å². The second-order valence-corrected chi connectivity index (χ2v) is 5.22. The third kappa shape index (κ3) is 2.28. The second-order valence-electron chi connectivity index (χ2n) is 4.78. The zero-order valence-electron chi connectivity index (χ0n) is 10.6. The summed E-state index contributed by atoms with van der Waals surface area (Å²) in [4.78, 5) is 29.4. The topological polar surface area (TPSA) is 88.3 Å². The standard InChI is InChI=1S/C12H14N4O2S/c1-12(2)11(18)15-9(17)6-16(12)8-5-14-4-3-7(8)10(13)19/h3-5H,6H2,1-2H3,(H2,13,19)(H,15,17,18). The van der Waals surface area contributed by atoms with Gasteiger partial charge in [-0.2, -0.15) is 0 Å². The van der Waals surface area contributed by atoms with Crippen LogP contribution < -0.4 is 16.0 Å². The van der Waals surface area contributed by atoms with Crippen molar-refractivity contribution < 1.29 is 9.59 Å². The molecule has 0 bridgehead atoms. The van der Waals surface area contributed by atoms with Gasteiger partial charge in [0.15, 0.2) is 0 Å². The number of hydrogen-bond donors (Lipinski definition) is 2. The molecule has 6 nitrogen and oxygen atoms in total. The number of thiocarbonyl (C=S) groups is 1. The van der Waals surface area contributed by atoms with Gasteiger partial charge in [-0.25, -0.2) is 0 Å². The molecule has 0 unspecified atom stereocenters. The number of anilines is 1. The highest BCUT2D eigenvalue weighted by Gasteiger charge is 2.41. The third-order valence-electron chi connectivity index (χ3n) is 3.14. The molecule has 1 aliphatic rings. The molecule has 100 valence electrons. The average Bonchev–Trinajstić information content (AvgIpc) is 2.34. The number of nitrogens with two attached hydrogens (primary N) is 1. The Morgan fingerprint density at radius 3 is 2.84 bits per heavy atom. The second kappa shape index (κ2) is 4.58. The van der Waals surface area contributed by atoms with Gasteiger partial charge < -0.3 is 10.6 Å². The fourth-order valence-electron chi connectivity index (χ4n) is 1.98. The van der Waals surface area contributed by atoms with Crippen molar-refractivity contribution in [2.75, 3.05) is 11.4 Å². The van der Waals surface area contributed by atoms with Crippen molar-refractivity contribution in [2.24, 2.45) is 5.73 Å². The minimum absolute atomic E-state index is 0.0556. The largest absolute Gasteiger partial charge is 0.389 e. The highest BCUT2D eigenvalue weighted by molar-refractivity contribution is 7.80. The third-order valence-corrected chi connectivity index (χ3v) is 3.36. The van der Waals surface area contributed by atoms with Crippen molar-refractivity contribution in [3.8, 4) is 0 Å². The molecule has 3 N–H and O–H groups in total. The molecule has 2 rings (SSSR count). The number of pyridine rings is 1. The first-order valence-corrected chi connectivity index (χ1v) is 6.10. The van der Waals surface area contributed by atoms with E-state index in [0.29, 0.717) is 11.3 Å². The first-order chi connectivity index (χ1) is 8.84. The summed E-state index contributed by atoms with van der Waals surface area (Å²) < 4.78 is 0. The smallest absolute Gasteiger partial charge is 0.251 e. The predicted molar refractivity (Wildman–Crippen MR) is 74.7 cm³/mol. The van der Waals surface area contributed by atoms with Crippen LogP contribution in [0.5, 0.6) is 0 Å².